The summed E-state index contributed by atoms with van der Waals surface area (Å²) in [6.45, 7) is 0. The van der Waals surface area contributed by atoms with Gasteiger partial charge in [-0.25, -0.2) is 19.0 Å². The van der Waals surface area contributed by atoms with Crippen molar-refractivity contribution in [3.05, 3.63) is 107 Å². The zero-order valence-corrected chi connectivity index (χ0v) is 20.7. The lowest BCUT2D eigenvalue weighted by Crippen LogP contribution is -2.41. The number of fused-ring (bicyclic) bond motifs is 1. The summed E-state index contributed by atoms with van der Waals surface area (Å²) in [5.41, 5.74) is -0.0325. The Morgan fingerprint density at radius 1 is 0.816 bits per heavy atom. The van der Waals surface area contributed by atoms with Crippen molar-refractivity contribution in [2.75, 3.05) is 4.90 Å². The summed E-state index contributed by atoms with van der Waals surface area (Å²) < 4.78 is 31.8. The first-order valence-corrected chi connectivity index (χ1v) is 11.8. The minimum atomic E-state index is -1.17. The van der Waals surface area contributed by atoms with Crippen molar-refractivity contribution < 1.29 is 28.2 Å². The van der Waals surface area contributed by atoms with Gasteiger partial charge in [0.15, 0.2) is 5.82 Å². The molecule has 0 aliphatic rings. The first-order valence-electron chi connectivity index (χ1n) is 11.0. The van der Waals surface area contributed by atoms with Crippen LogP contribution >= 0.6 is 23.2 Å². The van der Waals surface area contributed by atoms with Crippen LogP contribution in [0.3, 0.4) is 0 Å². The third-order valence-corrected chi connectivity index (χ3v) is 5.96. The predicted octanol–water partition coefficient (Wildman–Crippen LogP) is 8.01. The monoisotopic (exact) mass is 551 g/mol. The van der Waals surface area contributed by atoms with Gasteiger partial charge >= 0.3 is 12.2 Å². The highest BCUT2D eigenvalue weighted by Crippen LogP contribution is 2.38. The molecule has 38 heavy (non-hydrogen) atoms. The SMILES string of the molecule is O=C(Oc1ccccc1)N(C(=O)Oc1ccccc1)c1ccc(Oc2ccnc3[nH]c(Cl)c(Cl)c23)cc1F. The van der Waals surface area contributed by atoms with E-state index in [-0.39, 0.29) is 33.2 Å². The van der Waals surface area contributed by atoms with E-state index in [0.717, 1.165) is 6.07 Å². The summed E-state index contributed by atoms with van der Waals surface area (Å²) in [5.74, 6) is -0.335. The van der Waals surface area contributed by atoms with Gasteiger partial charge in [-0.2, -0.15) is 4.90 Å². The Kier molecular flexibility index (Phi) is 7.12. The summed E-state index contributed by atoms with van der Waals surface area (Å²) in [4.78, 5) is 33.5. The number of para-hydroxylation sites is 2. The fourth-order valence-electron chi connectivity index (χ4n) is 3.51. The maximum atomic E-state index is 15.4. The normalized spacial score (nSPS) is 10.7. The lowest BCUT2D eigenvalue weighted by molar-refractivity contribution is 0.190. The van der Waals surface area contributed by atoms with Crippen LogP contribution < -0.4 is 19.1 Å². The number of aromatic nitrogens is 2. The second-order valence-corrected chi connectivity index (χ2v) is 8.45. The molecule has 0 unspecified atom stereocenters. The number of benzene rings is 3. The number of hydrogen-bond donors (Lipinski definition) is 1. The predicted molar refractivity (Wildman–Crippen MR) is 140 cm³/mol. The van der Waals surface area contributed by atoms with E-state index in [0.29, 0.717) is 15.9 Å². The number of carbonyl (C=O) groups is 2. The number of H-pyrrole nitrogens is 1. The van der Waals surface area contributed by atoms with Crippen molar-refractivity contribution >= 4 is 52.1 Å². The molecule has 0 aliphatic heterocycles. The number of hydrogen-bond acceptors (Lipinski definition) is 6. The van der Waals surface area contributed by atoms with Gasteiger partial charge in [-0.3, -0.25) is 0 Å². The van der Waals surface area contributed by atoms with Crippen molar-refractivity contribution in [2.24, 2.45) is 0 Å². The third kappa shape index (κ3) is 5.24. The average Bonchev–Trinajstić information content (AvgIpc) is 3.20. The van der Waals surface area contributed by atoms with E-state index < -0.39 is 23.7 Å². The van der Waals surface area contributed by atoms with Crippen LogP contribution in [0.2, 0.25) is 10.2 Å². The van der Waals surface area contributed by atoms with Crippen molar-refractivity contribution in [3.63, 3.8) is 0 Å². The van der Waals surface area contributed by atoms with Crippen LogP contribution in [0.5, 0.6) is 23.0 Å². The molecule has 8 nitrogen and oxygen atoms in total. The summed E-state index contributed by atoms with van der Waals surface area (Å²) in [6, 6.07) is 21.2. The van der Waals surface area contributed by atoms with Crippen molar-refractivity contribution in [1.82, 2.24) is 9.97 Å². The van der Waals surface area contributed by atoms with Gasteiger partial charge in [0.2, 0.25) is 0 Å². The highest BCUT2D eigenvalue weighted by molar-refractivity contribution is 6.45. The van der Waals surface area contributed by atoms with Gasteiger partial charge in [0.05, 0.1) is 16.1 Å². The standard InChI is InChI=1S/C27H16Cl2FN3O5/c28-23-22-21(13-14-31-25(22)32-24(23)29)36-18-11-12-20(19(30)15-18)33(26(34)37-16-7-3-1-4-8-16)27(35)38-17-9-5-2-6-10-17/h1-15H,(H,31,32). The zero-order chi connectivity index (χ0) is 26.6. The van der Waals surface area contributed by atoms with Gasteiger partial charge in [-0.15, -0.1) is 0 Å². The van der Waals surface area contributed by atoms with E-state index in [1.165, 1.54) is 48.7 Å². The van der Waals surface area contributed by atoms with Crippen LogP contribution in [0.1, 0.15) is 0 Å². The number of ether oxygens (including phenoxy) is 3. The molecule has 2 aromatic heterocycles. The third-order valence-electron chi connectivity index (χ3n) is 5.20. The first-order chi connectivity index (χ1) is 18.4. The Morgan fingerprint density at radius 2 is 1.42 bits per heavy atom. The van der Waals surface area contributed by atoms with E-state index in [2.05, 4.69) is 9.97 Å². The van der Waals surface area contributed by atoms with Crippen molar-refractivity contribution in [1.29, 1.82) is 0 Å². The maximum absolute atomic E-state index is 15.4. The Balaban J connectivity index is 1.46. The number of pyridine rings is 1. The molecule has 0 radical (unpaired) electrons. The number of amides is 2. The Hall–Kier alpha value is -4.60. The molecule has 2 heterocycles. The molecule has 0 spiro atoms. The molecule has 1 N–H and O–H groups in total. The molecule has 0 fully saturated rings. The molecule has 0 saturated carbocycles. The van der Waals surface area contributed by atoms with Crippen LogP contribution in [-0.2, 0) is 0 Å². The van der Waals surface area contributed by atoms with Gasteiger partial charge in [0.1, 0.15) is 33.8 Å². The summed E-state index contributed by atoms with van der Waals surface area (Å²) in [7, 11) is 0. The van der Waals surface area contributed by atoms with Gasteiger partial charge in [0, 0.05) is 12.3 Å². The van der Waals surface area contributed by atoms with Crippen LogP contribution in [0, 0.1) is 5.82 Å². The molecule has 0 bridgehead atoms. The fourth-order valence-corrected chi connectivity index (χ4v) is 3.92. The molecular weight excluding hydrogens is 536 g/mol. The van der Waals surface area contributed by atoms with Gasteiger partial charge in [-0.1, -0.05) is 59.6 Å². The number of carbonyl (C=O) groups excluding carboxylic acids is 2. The molecule has 2 amide bonds. The second kappa shape index (κ2) is 10.8. The maximum Gasteiger partial charge on any atom is 0.429 e. The second-order valence-electron chi connectivity index (χ2n) is 7.70. The molecule has 3 aromatic carbocycles. The highest BCUT2D eigenvalue weighted by atomic mass is 35.5. The van der Waals surface area contributed by atoms with E-state index in [1.807, 2.05) is 0 Å². The molecule has 5 aromatic rings. The number of halogens is 3. The van der Waals surface area contributed by atoms with Gasteiger partial charge in [-0.05, 0) is 42.5 Å². The smallest absolute Gasteiger partial charge is 0.429 e. The number of nitrogens with zero attached hydrogens (tertiary/aromatic N) is 2. The molecule has 11 heteroatoms. The molecule has 190 valence electrons. The summed E-state index contributed by atoms with van der Waals surface area (Å²) in [5, 5.41) is 0.778. The van der Waals surface area contributed by atoms with Crippen LogP contribution in [0.4, 0.5) is 19.7 Å². The zero-order valence-electron chi connectivity index (χ0n) is 19.2. The number of aromatic amines is 1. The van der Waals surface area contributed by atoms with Crippen LogP contribution in [0.25, 0.3) is 11.0 Å². The number of rotatable bonds is 5. The summed E-state index contributed by atoms with van der Waals surface area (Å²) in [6.07, 6.45) is -0.879. The average molecular weight is 552 g/mol. The number of anilines is 1. The van der Waals surface area contributed by atoms with Gasteiger partial charge < -0.3 is 19.2 Å². The fraction of sp³-hybridized carbons (Fsp3) is 0. The van der Waals surface area contributed by atoms with Crippen molar-refractivity contribution in [2.45, 2.75) is 0 Å². The lowest BCUT2D eigenvalue weighted by atomic mass is 10.2. The van der Waals surface area contributed by atoms with E-state index >= 15 is 4.39 Å². The van der Waals surface area contributed by atoms with E-state index in [1.54, 1.807) is 36.4 Å². The lowest BCUT2D eigenvalue weighted by Gasteiger charge is -2.20. The summed E-state index contributed by atoms with van der Waals surface area (Å²) >= 11 is 12.3. The van der Waals surface area contributed by atoms with Crippen LogP contribution in [0.15, 0.2) is 91.1 Å². The largest absolute Gasteiger partial charge is 0.456 e. The Bertz CT molecular complexity index is 1580. The van der Waals surface area contributed by atoms with Gasteiger partial charge in [0.25, 0.3) is 0 Å². The highest BCUT2D eigenvalue weighted by Gasteiger charge is 2.31. The van der Waals surface area contributed by atoms with E-state index in [4.69, 9.17) is 37.4 Å². The van der Waals surface area contributed by atoms with Crippen molar-refractivity contribution in [3.8, 4) is 23.0 Å². The first kappa shape index (κ1) is 25.1. The minimum Gasteiger partial charge on any atom is -0.456 e. The molecule has 5 rings (SSSR count). The topological polar surface area (TPSA) is 93.8 Å². The molecule has 0 atom stereocenters. The Morgan fingerprint density at radius 3 is 2.00 bits per heavy atom. The van der Waals surface area contributed by atoms with E-state index in [9.17, 15) is 9.59 Å². The Labute approximate surface area is 225 Å². The molecule has 0 aliphatic carbocycles. The quantitative estimate of drug-likeness (QED) is 0.238. The minimum absolute atomic E-state index is 0.0555. The number of imide groups is 1. The molecular formula is C27H16Cl2FN3O5. The molecule has 0 saturated heterocycles. The number of nitrogens with one attached hydrogen (secondary N) is 1. The van der Waals surface area contributed by atoms with Crippen LogP contribution in [-0.4, -0.2) is 22.2 Å².